The Morgan fingerprint density at radius 3 is 2.27 bits per heavy atom. The number of carbonyl (C=O) groups excluding carboxylic acids is 2. The number of amides is 2. The highest BCUT2D eigenvalue weighted by Gasteiger charge is 2.21. The quantitative estimate of drug-likeness (QED) is 0.572. The van der Waals surface area contributed by atoms with Crippen molar-refractivity contribution in [3.05, 3.63) is 0 Å². The van der Waals surface area contributed by atoms with Crippen LogP contribution >= 0.6 is 0 Å². The zero-order valence-electron chi connectivity index (χ0n) is 9.49. The molecule has 0 rings (SSSR count). The first-order valence-electron chi connectivity index (χ1n) is 5.16. The van der Waals surface area contributed by atoms with Crippen LogP contribution in [0, 0.1) is 5.92 Å². The van der Waals surface area contributed by atoms with Crippen molar-refractivity contribution in [2.75, 3.05) is 0 Å². The Labute approximate surface area is 90.0 Å². The number of aliphatic hydroxyl groups is 1. The molecule has 0 fully saturated rings. The fourth-order valence-corrected chi connectivity index (χ4v) is 1.20. The fourth-order valence-electron chi connectivity index (χ4n) is 1.20. The monoisotopic (exact) mass is 216 g/mol. The molecule has 0 heterocycles. The first kappa shape index (κ1) is 13.9. The molecule has 0 aliphatic carbocycles. The van der Waals surface area contributed by atoms with E-state index in [9.17, 15) is 14.7 Å². The van der Waals surface area contributed by atoms with Gasteiger partial charge in [-0.2, -0.15) is 0 Å². The van der Waals surface area contributed by atoms with Gasteiger partial charge in [0, 0.05) is 0 Å². The lowest BCUT2D eigenvalue weighted by Gasteiger charge is -2.17. The molecule has 5 heteroatoms. The minimum absolute atomic E-state index is 0.222. The van der Waals surface area contributed by atoms with Crippen molar-refractivity contribution in [3.8, 4) is 0 Å². The molecule has 4 N–H and O–H groups in total. The van der Waals surface area contributed by atoms with Gasteiger partial charge < -0.3 is 16.2 Å². The molecule has 0 aliphatic rings. The van der Waals surface area contributed by atoms with Gasteiger partial charge in [-0.25, -0.2) is 0 Å². The Bertz CT molecular complexity index is 229. The number of carbonyl (C=O) groups is 2. The van der Waals surface area contributed by atoms with E-state index >= 15 is 0 Å². The van der Waals surface area contributed by atoms with Crippen LogP contribution < -0.4 is 11.1 Å². The predicted octanol–water partition coefficient (Wildman–Crippen LogP) is -0.227. The summed E-state index contributed by atoms with van der Waals surface area (Å²) in [7, 11) is 0. The maximum atomic E-state index is 11.4. The molecule has 0 radical (unpaired) electrons. The Kier molecular flexibility index (Phi) is 5.93. The van der Waals surface area contributed by atoms with E-state index < -0.39 is 24.0 Å². The third kappa shape index (κ3) is 5.37. The summed E-state index contributed by atoms with van der Waals surface area (Å²) in [5.74, 6) is -0.892. The minimum atomic E-state index is -1.07. The molecule has 2 amide bonds. The lowest BCUT2D eigenvalue weighted by molar-refractivity contribution is -0.133. The van der Waals surface area contributed by atoms with Crippen LogP contribution in [0.15, 0.2) is 0 Å². The Morgan fingerprint density at radius 1 is 1.40 bits per heavy atom. The second-order valence-corrected chi connectivity index (χ2v) is 4.02. The number of aliphatic hydroxyl groups excluding tert-OH is 1. The minimum Gasteiger partial charge on any atom is -0.383 e. The average molecular weight is 216 g/mol. The zero-order valence-corrected chi connectivity index (χ0v) is 9.49. The van der Waals surface area contributed by atoms with Crippen LogP contribution in [0.25, 0.3) is 0 Å². The number of rotatable bonds is 6. The van der Waals surface area contributed by atoms with Gasteiger partial charge in [0.25, 0.3) is 0 Å². The molecule has 0 aliphatic heterocycles. The molecule has 15 heavy (non-hydrogen) atoms. The van der Waals surface area contributed by atoms with Crippen LogP contribution in [-0.2, 0) is 9.59 Å². The number of nitrogens with one attached hydrogen (secondary N) is 1. The highest BCUT2D eigenvalue weighted by Crippen LogP contribution is 2.04. The molecule has 5 nitrogen and oxygen atoms in total. The van der Waals surface area contributed by atoms with Crippen molar-refractivity contribution in [3.63, 3.8) is 0 Å². The van der Waals surface area contributed by atoms with Crippen molar-refractivity contribution < 1.29 is 14.7 Å². The van der Waals surface area contributed by atoms with Gasteiger partial charge in [-0.05, 0) is 18.8 Å². The maximum Gasteiger partial charge on any atom is 0.249 e. The molecule has 0 bridgehead atoms. The van der Waals surface area contributed by atoms with Gasteiger partial charge in [-0.1, -0.05) is 20.8 Å². The fraction of sp³-hybridized carbons (Fsp3) is 0.800. The lowest BCUT2D eigenvalue weighted by Crippen LogP contribution is -2.47. The Morgan fingerprint density at radius 2 is 1.93 bits per heavy atom. The van der Waals surface area contributed by atoms with Crippen LogP contribution in [0.4, 0.5) is 0 Å². The van der Waals surface area contributed by atoms with Crippen LogP contribution in [0.5, 0.6) is 0 Å². The summed E-state index contributed by atoms with van der Waals surface area (Å²) in [5.41, 5.74) is 5.06. The Hall–Kier alpha value is -1.10. The summed E-state index contributed by atoms with van der Waals surface area (Å²) in [6.07, 6.45) is -0.269. The summed E-state index contributed by atoms with van der Waals surface area (Å²) >= 11 is 0. The van der Waals surface area contributed by atoms with Crippen molar-refractivity contribution in [1.29, 1.82) is 0 Å². The van der Waals surface area contributed by atoms with Gasteiger partial charge in [0.1, 0.15) is 12.1 Å². The van der Waals surface area contributed by atoms with Gasteiger partial charge >= 0.3 is 0 Å². The molecule has 0 spiro atoms. The van der Waals surface area contributed by atoms with E-state index in [-0.39, 0.29) is 5.92 Å². The third-order valence-corrected chi connectivity index (χ3v) is 2.07. The normalized spacial score (nSPS) is 14.7. The van der Waals surface area contributed by atoms with Crippen molar-refractivity contribution >= 4 is 11.8 Å². The lowest BCUT2D eigenvalue weighted by atomic mass is 10.1. The SMILES string of the molecule is CC[C@H](NC(=O)[C@@H](O)CC(C)C)C(N)=O. The van der Waals surface area contributed by atoms with E-state index in [1.54, 1.807) is 6.92 Å². The smallest absolute Gasteiger partial charge is 0.249 e. The predicted molar refractivity (Wildman–Crippen MR) is 56.9 cm³/mol. The molecule has 0 saturated carbocycles. The standard InChI is InChI=1S/C10H20N2O3/c1-4-7(9(11)14)12-10(15)8(13)5-6(2)3/h6-8,13H,4-5H2,1-3H3,(H2,11,14)(H,12,15)/t7-,8-/m0/s1. The summed E-state index contributed by atoms with van der Waals surface area (Å²) in [4.78, 5) is 22.2. The highest BCUT2D eigenvalue weighted by molar-refractivity contribution is 5.88. The first-order chi connectivity index (χ1) is 6.88. The second kappa shape index (κ2) is 6.40. The van der Waals surface area contributed by atoms with E-state index in [4.69, 9.17) is 5.73 Å². The topological polar surface area (TPSA) is 92.4 Å². The van der Waals surface area contributed by atoms with Gasteiger partial charge in [0.2, 0.25) is 11.8 Å². The van der Waals surface area contributed by atoms with E-state index in [0.29, 0.717) is 12.8 Å². The van der Waals surface area contributed by atoms with E-state index in [2.05, 4.69) is 5.32 Å². The third-order valence-electron chi connectivity index (χ3n) is 2.07. The van der Waals surface area contributed by atoms with Gasteiger partial charge in [0.15, 0.2) is 0 Å². The van der Waals surface area contributed by atoms with Crippen LogP contribution in [0.2, 0.25) is 0 Å². The van der Waals surface area contributed by atoms with Crippen LogP contribution in [-0.4, -0.2) is 29.1 Å². The van der Waals surface area contributed by atoms with Crippen LogP contribution in [0.3, 0.4) is 0 Å². The molecule has 0 aromatic carbocycles. The van der Waals surface area contributed by atoms with Gasteiger partial charge in [-0.15, -0.1) is 0 Å². The summed E-state index contributed by atoms with van der Waals surface area (Å²) in [6.45, 7) is 5.55. The maximum absolute atomic E-state index is 11.4. The highest BCUT2D eigenvalue weighted by atomic mass is 16.3. The van der Waals surface area contributed by atoms with E-state index in [1.807, 2.05) is 13.8 Å². The Balaban J connectivity index is 4.16. The number of nitrogens with two attached hydrogens (primary N) is 1. The van der Waals surface area contributed by atoms with Crippen molar-refractivity contribution in [2.24, 2.45) is 11.7 Å². The molecular weight excluding hydrogens is 196 g/mol. The molecule has 0 aromatic heterocycles. The molecule has 0 aromatic rings. The molecule has 88 valence electrons. The zero-order chi connectivity index (χ0) is 12.0. The average Bonchev–Trinajstić information content (AvgIpc) is 2.11. The van der Waals surface area contributed by atoms with Crippen molar-refractivity contribution in [2.45, 2.75) is 45.8 Å². The van der Waals surface area contributed by atoms with E-state index in [1.165, 1.54) is 0 Å². The van der Waals surface area contributed by atoms with Gasteiger partial charge in [0.05, 0.1) is 0 Å². The van der Waals surface area contributed by atoms with Crippen LogP contribution in [0.1, 0.15) is 33.6 Å². The summed E-state index contributed by atoms with van der Waals surface area (Å²) < 4.78 is 0. The molecule has 2 atom stereocenters. The van der Waals surface area contributed by atoms with Gasteiger partial charge in [-0.3, -0.25) is 9.59 Å². The number of primary amides is 1. The number of hydrogen-bond donors (Lipinski definition) is 3. The largest absolute Gasteiger partial charge is 0.383 e. The number of hydrogen-bond acceptors (Lipinski definition) is 3. The summed E-state index contributed by atoms with van der Waals surface area (Å²) in [6, 6.07) is -0.695. The van der Waals surface area contributed by atoms with Crippen molar-refractivity contribution in [1.82, 2.24) is 5.32 Å². The van der Waals surface area contributed by atoms with E-state index in [0.717, 1.165) is 0 Å². The molecule has 0 unspecified atom stereocenters. The molecule has 0 saturated heterocycles. The first-order valence-corrected chi connectivity index (χ1v) is 5.16. The summed E-state index contributed by atoms with van der Waals surface area (Å²) in [5, 5.41) is 11.9. The second-order valence-electron chi connectivity index (χ2n) is 4.02. The molecular formula is C10H20N2O3.